The summed E-state index contributed by atoms with van der Waals surface area (Å²) in [6.45, 7) is 0. The summed E-state index contributed by atoms with van der Waals surface area (Å²) in [5, 5.41) is 20.1. The summed E-state index contributed by atoms with van der Waals surface area (Å²) in [4.78, 5) is 26.5. The summed E-state index contributed by atoms with van der Waals surface area (Å²) in [6.07, 6.45) is 3.04. The molecule has 0 radical (unpaired) electrons. The van der Waals surface area contributed by atoms with Gasteiger partial charge in [0.05, 0.1) is 16.2 Å². The molecule has 0 aliphatic carbocycles. The van der Waals surface area contributed by atoms with Crippen LogP contribution >= 0.6 is 15.9 Å². The van der Waals surface area contributed by atoms with Crippen LogP contribution in [0.1, 0.15) is 33.0 Å². The maximum absolute atomic E-state index is 11.1. The monoisotopic (exact) mass is 491 g/mol. The van der Waals surface area contributed by atoms with Gasteiger partial charge >= 0.3 is 5.97 Å². The average molecular weight is 492 g/mol. The summed E-state index contributed by atoms with van der Waals surface area (Å²) in [5.41, 5.74) is 3.89. The Labute approximate surface area is 192 Å². The highest BCUT2D eigenvalue weighted by atomic mass is 79.9. The number of carboxylic acid groups (broad SMARTS) is 1. The largest absolute Gasteiger partial charge is 0.478 e. The Morgan fingerprint density at radius 2 is 1.53 bits per heavy atom. The Bertz CT molecular complexity index is 1260. The van der Waals surface area contributed by atoms with Crippen molar-refractivity contribution in [2.45, 2.75) is 12.8 Å². The van der Waals surface area contributed by atoms with Gasteiger partial charge in [-0.25, -0.2) is 9.78 Å². The molecule has 0 unspecified atom stereocenters. The van der Waals surface area contributed by atoms with Gasteiger partial charge < -0.3 is 9.67 Å². The molecule has 0 saturated heterocycles. The molecule has 0 amide bonds. The highest BCUT2D eigenvalue weighted by Crippen LogP contribution is 2.22. The molecule has 0 bridgehead atoms. The zero-order valence-electron chi connectivity index (χ0n) is 16.8. The number of imidazole rings is 1. The van der Waals surface area contributed by atoms with E-state index in [-0.39, 0.29) is 11.3 Å². The van der Waals surface area contributed by atoms with Crippen LogP contribution in [0, 0.1) is 10.1 Å². The standard InChI is InChI=1S/C24H18BrN3O4/c25-19-7-3-17(4-8-19)14-23-26-20(13-16-1-5-18(6-2-16)24(29)30)15-27(23)21-9-11-22(12-10-21)28(31)32/h1-12,15H,13-14H2,(H,29,30). The lowest BCUT2D eigenvalue weighted by atomic mass is 10.1. The minimum atomic E-state index is -0.962. The molecule has 0 fully saturated rings. The van der Waals surface area contributed by atoms with Crippen molar-refractivity contribution in [3.8, 4) is 5.69 Å². The lowest BCUT2D eigenvalue weighted by Gasteiger charge is -2.08. The van der Waals surface area contributed by atoms with Crippen molar-refractivity contribution >= 4 is 27.6 Å². The van der Waals surface area contributed by atoms with Crippen LogP contribution in [0.2, 0.25) is 0 Å². The summed E-state index contributed by atoms with van der Waals surface area (Å²) in [7, 11) is 0. The maximum atomic E-state index is 11.1. The van der Waals surface area contributed by atoms with Gasteiger partial charge in [0, 0.05) is 41.3 Å². The van der Waals surface area contributed by atoms with Crippen LogP contribution in [0.25, 0.3) is 5.69 Å². The lowest BCUT2D eigenvalue weighted by Crippen LogP contribution is -2.01. The smallest absolute Gasteiger partial charge is 0.335 e. The number of carbonyl (C=O) groups is 1. The van der Waals surface area contributed by atoms with E-state index in [1.807, 2.05) is 35.0 Å². The predicted octanol–water partition coefficient (Wildman–Crippen LogP) is 5.42. The fourth-order valence-corrected chi connectivity index (χ4v) is 3.66. The second-order valence-electron chi connectivity index (χ2n) is 7.27. The first kappa shape index (κ1) is 21.5. The van der Waals surface area contributed by atoms with E-state index in [0.717, 1.165) is 32.8 Å². The van der Waals surface area contributed by atoms with Crippen molar-refractivity contribution in [2.75, 3.05) is 0 Å². The van der Waals surface area contributed by atoms with Crippen molar-refractivity contribution in [1.29, 1.82) is 0 Å². The van der Waals surface area contributed by atoms with Crippen molar-refractivity contribution < 1.29 is 14.8 Å². The van der Waals surface area contributed by atoms with E-state index in [0.29, 0.717) is 12.8 Å². The first-order chi connectivity index (χ1) is 15.4. The summed E-state index contributed by atoms with van der Waals surface area (Å²) in [5.74, 6) is -0.158. The second kappa shape index (κ2) is 9.15. The number of aromatic carboxylic acids is 1. The molecule has 1 aromatic heterocycles. The van der Waals surface area contributed by atoms with E-state index in [4.69, 9.17) is 10.1 Å². The van der Waals surface area contributed by atoms with Crippen LogP contribution in [0.15, 0.2) is 83.5 Å². The maximum Gasteiger partial charge on any atom is 0.335 e. The van der Waals surface area contributed by atoms with Crippen molar-refractivity contribution in [3.05, 3.63) is 122 Å². The van der Waals surface area contributed by atoms with Crippen LogP contribution in [-0.4, -0.2) is 25.6 Å². The molecule has 1 N–H and O–H groups in total. The first-order valence-electron chi connectivity index (χ1n) is 9.78. The number of halogens is 1. The highest BCUT2D eigenvalue weighted by Gasteiger charge is 2.13. The van der Waals surface area contributed by atoms with Crippen LogP contribution in [0.4, 0.5) is 5.69 Å². The quantitative estimate of drug-likeness (QED) is 0.274. The zero-order valence-corrected chi connectivity index (χ0v) is 18.4. The number of hydrogen-bond acceptors (Lipinski definition) is 4. The minimum Gasteiger partial charge on any atom is -0.478 e. The van der Waals surface area contributed by atoms with Gasteiger partial charge in [0.15, 0.2) is 0 Å². The molecular weight excluding hydrogens is 474 g/mol. The molecule has 7 nitrogen and oxygen atoms in total. The molecule has 32 heavy (non-hydrogen) atoms. The van der Waals surface area contributed by atoms with Gasteiger partial charge in [-0.15, -0.1) is 0 Å². The molecule has 160 valence electrons. The molecule has 8 heteroatoms. The fourth-order valence-electron chi connectivity index (χ4n) is 3.40. The number of nitro groups is 1. The number of aromatic nitrogens is 2. The molecule has 0 aliphatic heterocycles. The van der Waals surface area contributed by atoms with Gasteiger partial charge in [0.1, 0.15) is 5.82 Å². The van der Waals surface area contributed by atoms with E-state index < -0.39 is 10.9 Å². The first-order valence-corrected chi connectivity index (χ1v) is 10.6. The fraction of sp³-hybridized carbons (Fsp3) is 0.0833. The zero-order chi connectivity index (χ0) is 22.7. The van der Waals surface area contributed by atoms with E-state index in [1.165, 1.54) is 12.1 Å². The van der Waals surface area contributed by atoms with Crippen LogP contribution in [0.3, 0.4) is 0 Å². The molecule has 0 atom stereocenters. The summed E-state index contributed by atoms with van der Waals surface area (Å²) in [6, 6.07) is 21.1. The number of benzene rings is 3. The van der Waals surface area contributed by atoms with Crippen LogP contribution in [0.5, 0.6) is 0 Å². The lowest BCUT2D eigenvalue weighted by molar-refractivity contribution is -0.384. The van der Waals surface area contributed by atoms with Gasteiger partial charge in [-0.05, 0) is 47.5 Å². The topological polar surface area (TPSA) is 98.3 Å². The van der Waals surface area contributed by atoms with E-state index in [2.05, 4.69) is 15.9 Å². The Balaban J connectivity index is 1.67. The predicted molar refractivity (Wildman–Crippen MR) is 123 cm³/mol. The number of hydrogen-bond donors (Lipinski definition) is 1. The SMILES string of the molecule is O=C(O)c1ccc(Cc2cn(-c3ccc([N+](=O)[O-])cc3)c(Cc3ccc(Br)cc3)n2)cc1. The number of rotatable bonds is 7. The molecule has 4 aromatic rings. The minimum absolute atomic E-state index is 0.0297. The van der Waals surface area contributed by atoms with Crippen molar-refractivity contribution in [3.63, 3.8) is 0 Å². The molecule has 0 saturated carbocycles. The number of carboxylic acids is 1. The van der Waals surface area contributed by atoms with E-state index in [1.54, 1.807) is 36.4 Å². The van der Waals surface area contributed by atoms with Crippen LogP contribution < -0.4 is 0 Å². The molecule has 1 heterocycles. The number of nitro benzene ring substituents is 1. The summed E-state index contributed by atoms with van der Waals surface area (Å²) < 4.78 is 2.93. The molecule has 3 aromatic carbocycles. The number of non-ortho nitro benzene ring substituents is 1. The molecule has 0 aliphatic rings. The van der Waals surface area contributed by atoms with Gasteiger partial charge in [0.25, 0.3) is 5.69 Å². The van der Waals surface area contributed by atoms with Gasteiger partial charge in [-0.2, -0.15) is 0 Å². The second-order valence-corrected chi connectivity index (χ2v) is 8.19. The Morgan fingerprint density at radius 3 is 2.12 bits per heavy atom. The third kappa shape index (κ3) is 4.92. The van der Waals surface area contributed by atoms with Gasteiger partial charge in [-0.1, -0.05) is 40.2 Å². The third-order valence-electron chi connectivity index (χ3n) is 5.03. The van der Waals surface area contributed by atoms with Crippen molar-refractivity contribution in [1.82, 2.24) is 9.55 Å². The Morgan fingerprint density at radius 1 is 0.938 bits per heavy atom. The number of nitrogens with zero attached hydrogens (tertiary/aromatic N) is 3. The molecule has 0 spiro atoms. The Kier molecular flexibility index (Phi) is 6.13. The summed E-state index contributed by atoms with van der Waals surface area (Å²) >= 11 is 3.44. The highest BCUT2D eigenvalue weighted by molar-refractivity contribution is 9.10. The third-order valence-corrected chi connectivity index (χ3v) is 5.56. The van der Waals surface area contributed by atoms with Gasteiger partial charge in [-0.3, -0.25) is 10.1 Å². The van der Waals surface area contributed by atoms with Crippen LogP contribution in [-0.2, 0) is 12.8 Å². The molecule has 4 rings (SSSR count). The molecular formula is C24H18BrN3O4. The average Bonchev–Trinajstić information content (AvgIpc) is 3.17. The normalized spacial score (nSPS) is 10.8. The Hall–Kier alpha value is -3.78. The van der Waals surface area contributed by atoms with E-state index >= 15 is 0 Å². The van der Waals surface area contributed by atoms with Gasteiger partial charge in [0.2, 0.25) is 0 Å². The van der Waals surface area contributed by atoms with Crippen molar-refractivity contribution in [2.24, 2.45) is 0 Å². The van der Waals surface area contributed by atoms with E-state index in [9.17, 15) is 14.9 Å².